The minimum absolute atomic E-state index is 0.0596. The van der Waals surface area contributed by atoms with E-state index in [0.717, 1.165) is 17.2 Å². The summed E-state index contributed by atoms with van der Waals surface area (Å²) in [4.78, 5) is 12.7. The van der Waals surface area contributed by atoms with E-state index in [2.05, 4.69) is 9.59 Å². The molecule has 0 fully saturated rings. The molecule has 0 spiro atoms. The maximum absolute atomic E-state index is 10.7. The molecule has 1 heterocycles. The van der Waals surface area contributed by atoms with Crippen molar-refractivity contribution in [2.24, 2.45) is 0 Å². The van der Waals surface area contributed by atoms with Crippen molar-refractivity contribution in [3.05, 3.63) is 40.4 Å². The monoisotopic (exact) mass is 297 g/mol. The van der Waals surface area contributed by atoms with Gasteiger partial charge in [0.1, 0.15) is 10.0 Å². The molecule has 0 atom stereocenters. The second kappa shape index (κ2) is 6.49. The van der Waals surface area contributed by atoms with Crippen LogP contribution in [0.15, 0.2) is 30.3 Å². The molecule has 0 unspecified atom stereocenters. The van der Waals surface area contributed by atoms with Crippen molar-refractivity contribution in [2.45, 2.75) is 13.0 Å². The zero-order chi connectivity index (χ0) is 13.7. The summed E-state index contributed by atoms with van der Waals surface area (Å²) in [6, 6.07) is 9.58. The quantitative estimate of drug-likeness (QED) is 0.888. The molecule has 0 saturated heterocycles. The third-order valence-corrected chi connectivity index (χ3v) is 3.55. The Morgan fingerprint density at radius 2 is 2.11 bits per heavy atom. The molecule has 1 N–H and O–H groups in total. The maximum atomic E-state index is 10.7. The fourth-order valence-electron chi connectivity index (χ4n) is 1.64. The Hall–Kier alpha value is -1.66. The van der Waals surface area contributed by atoms with Crippen molar-refractivity contribution in [1.82, 2.24) is 9.59 Å². The number of rotatable bonds is 6. The van der Waals surface area contributed by atoms with E-state index in [1.807, 2.05) is 35.2 Å². The molecule has 1 aromatic heterocycles. The molecule has 2 rings (SSSR count). The third kappa shape index (κ3) is 3.90. The van der Waals surface area contributed by atoms with Gasteiger partial charge in [0.15, 0.2) is 0 Å². The van der Waals surface area contributed by atoms with Gasteiger partial charge in [0, 0.05) is 23.8 Å². The smallest absolute Gasteiger partial charge is 0.305 e. The van der Waals surface area contributed by atoms with Crippen LogP contribution >= 0.6 is 23.1 Å². The molecule has 0 bridgehead atoms. The predicted molar refractivity (Wildman–Crippen MR) is 74.7 cm³/mol. The molecule has 0 aliphatic heterocycles. The normalized spacial score (nSPS) is 10.4. The first-order valence-electron chi connectivity index (χ1n) is 5.65. The van der Waals surface area contributed by atoms with E-state index >= 15 is 0 Å². The Morgan fingerprint density at radius 3 is 2.68 bits per heavy atom. The zero-order valence-corrected chi connectivity index (χ0v) is 11.6. The van der Waals surface area contributed by atoms with Crippen LogP contribution in [-0.2, 0) is 11.3 Å². The molecule has 0 radical (unpaired) electrons. The molecule has 1 aromatic carbocycles. The van der Waals surface area contributed by atoms with Gasteiger partial charge < -0.3 is 10.0 Å². The van der Waals surface area contributed by atoms with Gasteiger partial charge in [-0.25, -0.2) is 0 Å². The minimum atomic E-state index is -0.830. The fraction of sp³-hybridized carbons (Fsp3) is 0.250. The van der Waals surface area contributed by atoms with Crippen LogP contribution < -0.4 is 4.90 Å². The van der Waals surface area contributed by atoms with Gasteiger partial charge in [-0.2, -0.15) is 0 Å². The number of carboxylic acid groups (broad SMARTS) is 1. The summed E-state index contributed by atoms with van der Waals surface area (Å²) >= 11 is 7.11. The lowest BCUT2D eigenvalue weighted by molar-refractivity contribution is -0.136. The Balaban J connectivity index is 2.15. The van der Waals surface area contributed by atoms with E-state index < -0.39 is 5.97 Å². The van der Waals surface area contributed by atoms with Gasteiger partial charge in [-0.3, -0.25) is 4.79 Å². The predicted octanol–water partition coefficient (Wildman–Crippen LogP) is 2.67. The third-order valence-electron chi connectivity index (χ3n) is 2.57. The number of carbonyl (C=O) groups is 1. The summed E-state index contributed by atoms with van der Waals surface area (Å²) in [5.41, 5.74) is 1.61. The highest BCUT2D eigenvalue weighted by molar-refractivity contribution is 7.10. The average molecular weight is 298 g/mol. The number of hydrogen-bond donors (Lipinski definition) is 1. The number of aromatic nitrogens is 2. The van der Waals surface area contributed by atoms with Crippen molar-refractivity contribution < 1.29 is 9.90 Å². The van der Waals surface area contributed by atoms with Gasteiger partial charge in [-0.15, -0.1) is 5.10 Å². The molecular formula is C12H12ClN3O2S. The molecule has 0 saturated carbocycles. The van der Waals surface area contributed by atoms with E-state index in [9.17, 15) is 4.79 Å². The molecule has 0 aliphatic carbocycles. The first kappa shape index (κ1) is 13.8. The topological polar surface area (TPSA) is 66.3 Å². The zero-order valence-electron chi connectivity index (χ0n) is 9.99. The van der Waals surface area contributed by atoms with E-state index in [4.69, 9.17) is 16.7 Å². The molecule has 0 aliphatic rings. The lowest BCUT2D eigenvalue weighted by Gasteiger charge is -2.23. The van der Waals surface area contributed by atoms with Crippen LogP contribution in [-0.4, -0.2) is 27.2 Å². The van der Waals surface area contributed by atoms with E-state index in [-0.39, 0.29) is 6.42 Å². The Bertz CT molecular complexity index is 547. The molecule has 7 heteroatoms. The fourth-order valence-corrected chi connectivity index (χ4v) is 2.25. The Morgan fingerprint density at radius 1 is 1.37 bits per heavy atom. The highest BCUT2D eigenvalue weighted by Gasteiger charge is 2.13. The van der Waals surface area contributed by atoms with Crippen molar-refractivity contribution in [1.29, 1.82) is 0 Å². The lowest BCUT2D eigenvalue weighted by Crippen LogP contribution is -2.26. The van der Waals surface area contributed by atoms with Crippen molar-refractivity contribution in [3.8, 4) is 0 Å². The summed E-state index contributed by atoms with van der Waals surface area (Å²) in [6.45, 7) is 0.847. The van der Waals surface area contributed by atoms with Gasteiger partial charge in [0.25, 0.3) is 0 Å². The number of hydrogen-bond acceptors (Lipinski definition) is 5. The molecule has 5 nitrogen and oxygen atoms in total. The molecule has 0 amide bonds. The average Bonchev–Trinajstić information content (AvgIpc) is 2.81. The number of nitrogens with zero attached hydrogens (tertiary/aromatic N) is 3. The summed E-state index contributed by atoms with van der Waals surface area (Å²) < 4.78 is 4.32. The van der Waals surface area contributed by atoms with Crippen LogP contribution in [0.2, 0.25) is 4.34 Å². The summed E-state index contributed by atoms with van der Waals surface area (Å²) in [6.07, 6.45) is 0.0596. The molecule has 100 valence electrons. The number of para-hydroxylation sites is 1. The van der Waals surface area contributed by atoms with E-state index in [0.29, 0.717) is 23.1 Å². The molecule has 19 heavy (non-hydrogen) atoms. The number of anilines is 1. The van der Waals surface area contributed by atoms with Crippen molar-refractivity contribution in [3.63, 3.8) is 0 Å². The summed E-state index contributed by atoms with van der Waals surface area (Å²) in [5.74, 6) is -0.830. The number of aliphatic carboxylic acids is 1. The Labute approximate surface area is 119 Å². The standard InChI is InChI=1S/C12H12ClN3O2S/c13-12-10(14-15-19-12)8-16(7-6-11(17)18)9-4-2-1-3-5-9/h1-5H,6-8H2,(H,17,18). The number of carboxylic acids is 1. The van der Waals surface area contributed by atoms with Gasteiger partial charge in [-0.05, 0) is 12.1 Å². The Kier molecular flexibility index (Phi) is 4.70. The lowest BCUT2D eigenvalue weighted by atomic mass is 10.2. The van der Waals surface area contributed by atoms with Crippen LogP contribution in [0.5, 0.6) is 0 Å². The number of halogens is 1. The van der Waals surface area contributed by atoms with Crippen LogP contribution in [0.3, 0.4) is 0 Å². The molecular weight excluding hydrogens is 286 g/mol. The van der Waals surface area contributed by atoms with E-state index in [1.165, 1.54) is 0 Å². The number of benzene rings is 1. The van der Waals surface area contributed by atoms with Crippen LogP contribution in [0.4, 0.5) is 5.69 Å². The maximum Gasteiger partial charge on any atom is 0.305 e. The van der Waals surface area contributed by atoms with Crippen molar-refractivity contribution >= 4 is 34.8 Å². The van der Waals surface area contributed by atoms with Crippen LogP contribution in [0.1, 0.15) is 12.1 Å². The highest BCUT2D eigenvalue weighted by Crippen LogP contribution is 2.22. The van der Waals surface area contributed by atoms with Gasteiger partial charge in [-0.1, -0.05) is 34.3 Å². The SMILES string of the molecule is O=C(O)CCN(Cc1nnsc1Cl)c1ccccc1. The highest BCUT2D eigenvalue weighted by atomic mass is 35.5. The van der Waals surface area contributed by atoms with Crippen LogP contribution in [0.25, 0.3) is 0 Å². The second-order valence-electron chi connectivity index (χ2n) is 3.89. The van der Waals surface area contributed by atoms with Gasteiger partial charge >= 0.3 is 5.97 Å². The largest absolute Gasteiger partial charge is 0.481 e. The van der Waals surface area contributed by atoms with E-state index in [1.54, 1.807) is 0 Å². The second-order valence-corrected chi connectivity index (χ2v) is 5.25. The van der Waals surface area contributed by atoms with Gasteiger partial charge in [0.2, 0.25) is 0 Å². The van der Waals surface area contributed by atoms with Gasteiger partial charge in [0.05, 0.1) is 13.0 Å². The first-order valence-corrected chi connectivity index (χ1v) is 6.80. The minimum Gasteiger partial charge on any atom is -0.481 e. The van der Waals surface area contributed by atoms with Crippen molar-refractivity contribution in [2.75, 3.05) is 11.4 Å². The molecule has 2 aromatic rings. The first-order chi connectivity index (χ1) is 9.16. The van der Waals surface area contributed by atoms with Crippen LogP contribution in [0, 0.1) is 0 Å². The summed E-state index contributed by atoms with van der Waals surface area (Å²) in [5, 5.41) is 12.8. The summed E-state index contributed by atoms with van der Waals surface area (Å²) in [7, 11) is 0.